The Morgan fingerprint density at radius 2 is 0.959 bits per heavy atom. The third-order valence-corrected chi connectivity index (χ3v) is 10.1. The molecule has 8 aromatic rings. The second-order valence-corrected chi connectivity index (χ2v) is 13.4. The Balaban J connectivity index is 1.32. The van der Waals surface area contributed by atoms with Crippen LogP contribution < -0.4 is 0 Å². The average Bonchev–Trinajstić information content (AvgIpc) is 3.39. The van der Waals surface area contributed by atoms with Crippen molar-refractivity contribution in [2.75, 3.05) is 0 Å². The van der Waals surface area contributed by atoms with Gasteiger partial charge in [0.05, 0.1) is 11.4 Å². The van der Waals surface area contributed by atoms with Gasteiger partial charge in [0.25, 0.3) is 0 Å². The zero-order valence-electron chi connectivity index (χ0n) is 27.6. The van der Waals surface area contributed by atoms with E-state index in [-0.39, 0.29) is 5.41 Å². The minimum absolute atomic E-state index is 0.146. The van der Waals surface area contributed by atoms with E-state index in [9.17, 15) is 0 Å². The predicted molar refractivity (Wildman–Crippen MR) is 204 cm³/mol. The summed E-state index contributed by atoms with van der Waals surface area (Å²) >= 11 is 0. The molecule has 1 heterocycles. The van der Waals surface area contributed by atoms with Crippen LogP contribution >= 0.6 is 0 Å². The van der Waals surface area contributed by atoms with Crippen molar-refractivity contribution in [2.24, 2.45) is 0 Å². The molecule has 2 nitrogen and oxygen atoms in total. The van der Waals surface area contributed by atoms with Gasteiger partial charge >= 0.3 is 0 Å². The second-order valence-electron chi connectivity index (χ2n) is 13.4. The van der Waals surface area contributed by atoms with Crippen LogP contribution in [0.5, 0.6) is 0 Å². The van der Waals surface area contributed by atoms with Crippen LogP contribution in [0.15, 0.2) is 170 Å². The fourth-order valence-corrected chi connectivity index (χ4v) is 7.56. The van der Waals surface area contributed by atoms with E-state index in [1.165, 1.54) is 38.6 Å². The molecule has 0 unspecified atom stereocenters. The number of fused-ring (bicyclic) bond motifs is 4. The highest BCUT2D eigenvalue weighted by Gasteiger charge is 2.37. The number of rotatable bonds is 5. The van der Waals surface area contributed by atoms with E-state index in [1.54, 1.807) is 0 Å². The summed E-state index contributed by atoms with van der Waals surface area (Å²) in [5.41, 5.74) is 14.7. The third-order valence-electron chi connectivity index (χ3n) is 10.1. The van der Waals surface area contributed by atoms with Gasteiger partial charge in [-0.2, -0.15) is 0 Å². The van der Waals surface area contributed by atoms with Crippen molar-refractivity contribution in [3.63, 3.8) is 0 Å². The van der Waals surface area contributed by atoms with Crippen LogP contribution in [0, 0.1) is 0 Å². The first-order valence-corrected chi connectivity index (χ1v) is 16.9. The van der Waals surface area contributed by atoms with E-state index in [1.807, 2.05) is 6.07 Å². The summed E-state index contributed by atoms with van der Waals surface area (Å²) in [6, 6.07) is 60.6. The molecule has 0 amide bonds. The molecule has 0 spiro atoms. The molecule has 0 saturated heterocycles. The van der Waals surface area contributed by atoms with Crippen LogP contribution in [-0.2, 0) is 5.41 Å². The molecule has 232 valence electrons. The van der Waals surface area contributed by atoms with Crippen LogP contribution in [-0.4, -0.2) is 9.97 Å². The van der Waals surface area contributed by atoms with E-state index in [0.29, 0.717) is 5.82 Å². The molecule has 7 aromatic carbocycles. The zero-order valence-corrected chi connectivity index (χ0v) is 27.6. The van der Waals surface area contributed by atoms with E-state index < -0.39 is 0 Å². The maximum Gasteiger partial charge on any atom is 0.160 e. The van der Waals surface area contributed by atoms with Gasteiger partial charge in [-0.25, -0.2) is 9.97 Å². The molecular formula is C47H34N2. The van der Waals surface area contributed by atoms with Crippen molar-refractivity contribution in [1.29, 1.82) is 0 Å². The minimum Gasteiger partial charge on any atom is -0.228 e. The van der Waals surface area contributed by atoms with Gasteiger partial charge in [0.2, 0.25) is 0 Å². The van der Waals surface area contributed by atoms with Crippen LogP contribution in [0.4, 0.5) is 0 Å². The van der Waals surface area contributed by atoms with Gasteiger partial charge in [0.15, 0.2) is 5.82 Å². The molecule has 0 atom stereocenters. The first-order chi connectivity index (χ1) is 24.0. The van der Waals surface area contributed by atoms with Crippen molar-refractivity contribution in [2.45, 2.75) is 19.3 Å². The molecule has 49 heavy (non-hydrogen) atoms. The Bertz CT molecular complexity index is 2500. The molecule has 9 rings (SSSR count). The highest BCUT2D eigenvalue weighted by Crippen LogP contribution is 2.53. The minimum atomic E-state index is -0.146. The molecular weight excluding hydrogens is 593 g/mol. The molecule has 1 aliphatic carbocycles. The Morgan fingerprint density at radius 3 is 1.65 bits per heavy atom. The quantitative estimate of drug-likeness (QED) is 0.190. The summed E-state index contributed by atoms with van der Waals surface area (Å²) in [6.07, 6.45) is 0. The standard InChI is InChI=1S/C47H34N2/c1-47(2)41-24-14-23-38(45(41)40-28-34-21-12-13-22-35(34)29-42(40)47)43-30-44(49-46(48-43)33-19-10-5-11-20-33)39-27-36(31-15-6-3-7-16-31)25-26-37(39)32-17-8-4-9-18-32/h3-30H,1-2H3. The number of nitrogens with zero attached hydrogens (tertiary/aromatic N) is 2. The lowest BCUT2D eigenvalue weighted by Gasteiger charge is -2.22. The predicted octanol–water partition coefficient (Wildman–Crippen LogP) is 12.3. The van der Waals surface area contributed by atoms with Gasteiger partial charge in [-0.1, -0.05) is 159 Å². The largest absolute Gasteiger partial charge is 0.228 e. The zero-order chi connectivity index (χ0) is 33.0. The highest BCUT2D eigenvalue weighted by atomic mass is 14.9. The molecule has 0 fully saturated rings. The van der Waals surface area contributed by atoms with Crippen LogP contribution in [0.3, 0.4) is 0 Å². The van der Waals surface area contributed by atoms with Crippen molar-refractivity contribution >= 4 is 10.8 Å². The Hall–Kier alpha value is -6.12. The Labute approximate surface area is 287 Å². The topological polar surface area (TPSA) is 25.8 Å². The smallest absolute Gasteiger partial charge is 0.160 e. The maximum atomic E-state index is 5.33. The third kappa shape index (κ3) is 4.96. The number of hydrogen-bond acceptors (Lipinski definition) is 2. The van der Waals surface area contributed by atoms with Crippen LogP contribution in [0.1, 0.15) is 25.0 Å². The number of benzene rings is 7. The Morgan fingerprint density at radius 1 is 0.367 bits per heavy atom. The molecule has 1 aliphatic rings. The van der Waals surface area contributed by atoms with E-state index >= 15 is 0 Å². The van der Waals surface area contributed by atoms with Gasteiger partial charge in [0, 0.05) is 22.1 Å². The van der Waals surface area contributed by atoms with Crippen molar-refractivity contribution in [3.8, 4) is 67.3 Å². The van der Waals surface area contributed by atoms with E-state index in [2.05, 4.69) is 178 Å². The first kappa shape index (κ1) is 29.1. The average molecular weight is 627 g/mol. The molecule has 1 aromatic heterocycles. The fourth-order valence-electron chi connectivity index (χ4n) is 7.56. The van der Waals surface area contributed by atoms with Crippen molar-refractivity contribution in [1.82, 2.24) is 9.97 Å². The first-order valence-electron chi connectivity index (χ1n) is 16.9. The summed E-state index contributed by atoms with van der Waals surface area (Å²) in [5.74, 6) is 0.714. The van der Waals surface area contributed by atoms with Gasteiger partial charge in [0.1, 0.15) is 0 Å². The molecule has 0 radical (unpaired) electrons. The maximum absolute atomic E-state index is 5.33. The van der Waals surface area contributed by atoms with Gasteiger partial charge in [-0.05, 0) is 79.5 Å². The molecule has 0 bridgehead atoms. The molecule has 2 heteroatoms. The number of hydrogen-bond donors (Lipinski definition) is 0. The summed E-state index contributed by atoms with van der Waals surface area (Å²) < 4.78 is 0. The number of aromatic nitrogens is 2. The van der Waals surface area contributed by atoms with Gasteiger partial charge in [-0.15, -0.1) is 0 Å². The monoisotopic (exact) mass is 626 g/mol. The van der Waals surface area contributed by atoms with Crippen molar-refractivity contribution < 1.29 is 0 Å². The van der Waals surface area contributed by atoms with Gasteiger partial charge < -0.3 is 0 Å². The summed E-state index contributed by atoms with van der Waals surface area (Å²) in [6.45, 7) is 4.69. The second kappa shape index (κ2) is 11.5. The SMILES string of the molecule is CC1(C)c2cc3ccccc3cc2-c2c(-c3cc(-c4cc(-c5ccccc5)ccc4-c4ccccc4)nc(-c4ccccc4)n3)cccc21. The lowest BCUT2D eigenvalue weighted by molar-refractivity contribution is 0.661. The van der Waals surface area contributed by atoms with Crippen LogP contribution in [0.2, 0.25) is 0 Å². The molecule has 0 N–H and O–H groups in total. The molecule has 0 aliphatic heterocycles. The lowest BCUT2D eigenvalue weighted by Crippen LogP contribution is -2.14. The molecule has 0 saturated carbocycles. The Kier molecular flexibility index (Phi) is 6.84. The van der Waals surface area contributed by atoms with Crippen molar-refractivity contribution in [3.05, 3.63) is 181 Å². The lowest BCUT2D eigenvalue weighted by atomic mass is 9.81. The normalized spacial score (nSPS) is 12.9. The summed E-state index contributed by atoms with van der Waals surface area (Å²) in [7, 11) is 0. The summed E-state index contributed by atoms with van der Waals surface area (Å²) in [4.78, 5) is 10.6. The fraction of sp³-hybridized carbons (Fsp3) is 0.0638. The highest BCUT2D eigenvalue weighted by molar-refractivity contribution is 5.99. The van der Waals surface area contributed by atoms with Gasteiger partial charge in [-0.3, -0.25) is 0 Å². The van der Waals surface area contributed by atoms with Crippen LogP contribution in [0.25, 0.3) is 78.1 Å². The van der Waals surface area contributed by atoms with E-state index in [0.717, 1.165) is 44.8 Å². The van der Waals surface area contributed by atoms with E-state index in [4.69, 9.17) is 9.97 Å². The summed E-state index contributed by atoms with van der Waals surface area (Å²) in [5, 5.41) is 2.52.